The van der Waals surface area contributed by atoms with Gasteiger partial charge in [0.15, 0.2) is 0 Å². The summed E-state index contributed by atoms with van der Waals surface area (Å²) in [4.78, 5) is 0. The van der Waals surface area contributed by atoms with Gasteiger partial charge in [-0.2, -0.15) is 0 Å². The fraction of sp³-hybridized carbons (Fsp3) is 0.250. The lowest BCUT2D eigenvalue weighted by Crippen LogP contribution is -2.36. The van der Waals surface area contributed by atoms with Crippen LogP contribution in [-0.4, -0.2) is 18.6 Å². The summed E-state index contributed by atoms with van der Waals surface area (Å²) in [7, 11) is -2.15. The number of hydrogen-bond acceptors (Lipinski definition) is 4. The van der Waals surface area contributed by atoms with Crippen LogP contribution in [0.3, 0.4) is 0 Å². The van der Waals surface area contributed by atoms with E-state index in [2.05, 4.69) is 91.9 Å². The van der Waals surface area contributed by atoms with Crippen LogP contribution in [0.2, 0.25) is 0 Å². The molecule has 0 spiro atoms. The molecular formula is C32H34NO3P. The van der Waals surface area contributed by atoms with Crippen LogP contribution in [0.1, 0.15) is 30.5 Å². The number of fused-ring (bicyclic) bond motifs is 1. The fourth-order valence-electron chi connectivity index (χ4n) is 4.79. The molecular weight excluding hydrogens is 477 g/mol. The van der Waals surface area contributed by atoms with Crippen LogP contribution in [-0.2, 0) is 22.7 Å². The molecule has 5 heteroatoms. The Morgan fingerprint density at radius 1 is 0.838 bits per heavy atom. The van der Waals surface area contributed by atoms with Gasteiger partial charge in [-0.1, -0.05) is 96.6 Å². The Labute approximate surface area is 220 Å². The van der Waals surface area contributed by atoms with Crippen LogP contribution in [0, 0.1) is 6.92 Å². The van der Waals surface area contributed by atoms with E-state index in [1.165, 1.54) is 16.2 Å². The van der Waals surface area contributed by atoms with Crippen molar-refractivity contribution in [1.29, 1.82) is 0 Å². The summed E-state index contributed by atoms with van der Waals surface area (Å²) in [5.41, 5.74) is 4.31. The first-order valence-corrected chi connectivity index (χ1v) is 14.7. The van der Waals surface area contributed by atoms with E-state index in [1.807, 2.05) is 32.0 Å². The third kappa shape index (κ3) is 5.88. The molecule has 0 radical (unpaired) electrons. The molecule has 1 aliphatic rings. The maximum absolute atomic E-state index is 6.39. The highest BCUT2D eigenvalue weighted by Gasteiger charge is 2.30. The topological polar surface area (TPSA) is 40.0 Å². The Bertz CT molecular complexity index is 1340. The number of hydrogen-bond donors (Lipinski definition) is 0. The molecule has 1 heterocycles. The van der Waals surface area contributed by atoms with Gasteiger partial charge in [0, 0.05) is 38.2 Å². The van der Waals surface area contributed by atoms with Crippen LogP contribution in [0.25, 0.3) is 0 Å². The molecule has 5 rings (SSSR count). The lowest BCUT2D eigenvalue weighted by Gasteiger charge is -2.34. The van der Waals surface area contributed by atoms with E-state index in [0.29, 0.717) is 19.8 Å². The predicted molar refractivity (Wildman–Crippen MR) is 153 cm³/mol. The van der Waals surface area contributed by atoms with Gasteiger partial charge in [-0.15, -0.1) is 0 Å². The van der Waals surface area contributed by atoms with Gasteiger partial charge in [0.1, 0.15) is 5.75 Å². The van der Waals surface area contributed by atoms with E-state index < -0.39 is 12.8 Å². The molecule has 1 aliphatic heterocycles. The number of ether oxygens (including phenoxy) is 3. The molecule has 0 unspecified atom stereocenters. The third-order valence-corrected chi connectivity index (χ3v) is 10.2. The summed E-state index contributed by atoms with van der Waals surface area (Å²) in [5, 5.41) is 2.51. The average Bonchev–Trinajstić information content (AvgIpc) is 2.92. The van der Waals surface area contributed by atoms with Crippen LogP contribution in [0.5, 0.6) is 5.75 Å². The van der Waals surface area contributed by atoms with Gasteiger partial charge in [-0.25, -0.2) is 0 Å². The number of aryl methyl sites for hydroxylation is 1. The Morgan fingerprint density at radius 2 is 1.43 bits per heavy atom. The van der Waals surface area contributed by atoms with Crippen LogP contribution < -0.4 is 15.3 Å². The smallest absolute Gasteiger partial charge is 0.205 e. The first-order valence-electron chi connectivity index (χ1n) is 12.8. The molecule has 4 aromatic rings. The zero-order valence-electron chi connectivity index (χ0n) is 21.8. The van der Waals surface area contributed by atoms with Crippen molar-refractivity contribution in [3.63, 3.8) is 0 Å². The number of rotatable bonds is 8. The number of benzene rings is 4. The van der Waals surface area contributed by atoms with Crippen LogP contribution >= 0.6 is 7.05 Å². The minimum Gasteiger partial charge on any atom is -0.462 e. The first-order chi connectivity index (χ1) is 18.0. The molecule has 37 heavy (non-hydrogen) atoms. The minimum atomic E-state index is -2.15. The third-order valence-electron chi connectivity index (χ3n) is 6.54. The molecule has 4 aromatic carbocycles. The molecule has 190 valence electrons. The SMILES string of the molecule is Cc1cc(COCCP(=Nc2ccccc2)(c2ccccc2)c2ccccc2)c2c(c1)COC(C)(C)O2. The van der Waals surface area contributed by atoms with Crippen molar-refractivity contribution in [3.8, 4) is 5.75 Å². The van der Waals surface area contributed by atoms with Gasteiger partial charge in [-0.05, 0) is 29.7 Å². The Morgan fingerprint density at radius 3 is 2.05 bits per heavy atom. The van der Waals surface area contributed by atoms with E-state index in [0.717, 1.165) is 28.7 Å². The van der Waals surface area contributed by atoms with E-state index >= 15 is 0 Å². The van der Waals surface area contributed by atoms with Crippen LogP contribution in [0.15, 0.2) is 108 Å². The largest absolute Gasteiger partial charge is 0.462 e. The summed E-state index contributed by atoms with van der Waals surface area (Å²) < 4.78 is 23.9. The first kappa shape index (κ1) is 25.5. The second-order valence-electron chi connectivity index (χ2n) is 9.86. The normalized spacial score (nSPS) is 14.5. The number of nitrogens with zero attached hydrogens (tertiary/aromatic N) is 1. The average molecular weight is 512 g/mol. The maximum Gasteiger partial charge on any atom is 0.205 e. The predicted octanol–water partition coefficient (Wildman–Crippen LogP) is 7.34. The molecule has 0 bridgehead atoms. The Kier molecular flexibility index (Phi) is 7.62. The highest BCUT2D eigenvalue weighted by molar-refractivity contribution is 7.81. The zero-order chi connectivity index (χ0) is 25.7. The highest BCUT2D eigenvalue weighted by atomic mass is 31.2. The van der Waals surface area contributed by atoms with E-state index in [9.17, 15) is 0 Å². The summed E-state index contributed by atoms with van der Waals surface area (Å²) in [6, 6.07) is 36.0. The summed E-state index contributed by atoms with van der Waals surface area (Å²) in [6.45, 7) is 7.60. The second-order valence-corrected chi connectivity index (χ2v) is 13.1. The van der Waals surface area contributed by atoms with Crippen molar-refractivity contribution in [1.82, 2.24) is 0 Å². The van der Waals surface area contributed by atoms with Gasteiger partial charge >= 0.3 is 0 Å². The molecule has 0 aliphatic carbocycles. The van der Waals surface area contributed by atoms with Gasteiger partial charge in [0.2, 0.25) is 5.79 Å². The molecule has 0 fully saturated rings. The maximum atomic E-state index is 6.39. The van der Waals surface area contributed by atoms with Crippen molar-refractivity contribution >= 4 is 23.4 Å². The molecule has 4 nitrogen and oxygen atoms in total. The zero-order valence-corrected chi connectivity index (χ0v) is 22.7. The summed E-state index contributed by atoms with van der Waals surface area (Å²) >= 11 is 0. The molecule has 0 aromatic heterocycles. The van der Waals surface area contributed by atoms with E-state index in [-0.39, 0.29) is 0 Å². The van der Waals surface area contributed by atoms with Gasteiger partial charge < -0.3 is 14.2 Å². The lowest BCUT2D eigenvalue weighted by molar-refractivity contribution is -0.180. The van der Waals surface area contributed by atoms with Crippen LogP contribution in [0.4, 0.5) is 5.69 Å². The second kappa shape index (κ2) is 11.1. The van der Waals surface area contributed by atoms with Crippen molar-refractivity contribution in [3.05, 3.63) is 120 Å². The molecule has 0 saturated carbocycles. The highest BCUT2D eigenvalue weighted by Crippen LogP contribution is 2.50. The molecule has 0 N–H and O–H groups in total. The Balaban J connectivity index is 1.46. The van der Waals surface area contributed by atoms with Gasteiger partial charge in [-0.3, -0.25) is 4.74 Å². The lowest BCUT2D eigenvalue weighted by atomic mass is 10.0. The van der Waals surface area contributed by atoms with Crippen molar-refractivity contribution in [2.45, 2.75) is 39.8 Å². The Hall–Kier alpha value is -3.17. The standard InChI is InChI=1S/C32H34NO3P/c1-25-21-26(31-27(22-25)24-35-32(2,3)36-31)23-34-19-20-37(29-15-9-5-10-16-29,30-17-11-6-12-18-30)33-28-13-7-4-8-14-28/h4-18,21-22H,19-20,23-24H2,1-3H3. The molecule has 0 atom stereocenters. The summed E-state index contributed by atoms with van der Waals surface area (Å²) in [6.07, 6.45) is 0.805. The quantitative estimate of drug-likeness (QED) is 0.184. The van der Waals surface area contributed by atoms with Crippen molar-refractivity contribution in [2.75, 3.05) is 12.8 Å². The van der Waals surface area contributed by atoms with Gasteiger partial charge in [0.05, 0.1) is 25.5 Å². The fourth-order valence-corrected chi connectivity index (χ4v) is 8.19. The monoisotopic (exact) mass is 511 g/mol. The summed E-state index contributed by atoms with van der Waals surface area (Å²) in [5.74, 6) is 0.246. The van der Waals surface area contributed by atoms with Crippen molar-refractivity contribution in [2.24, 2.45) is 4.74 Å². The van der Waals surface area contributed by atoms with Crippen molar-refractivity contribution < 1.29 is 14.2 Å². The molecule has 0 amide bonds. The van der Waals surface area contributed by atoms with Gasteiger partial charge in [0.25, 0.3) is 0 Å². The van der Waals surface area contributed by atoms with E-state index in [4.69, 9.17) is 19.0 Å². The van der Waals surface area contributed by atoms with E-state index in [1.54, 1.807) is 0 Å². The minimum absolute atomic E-state index is 0.481. The molecule has 0 saturated heterocycles.